The van der Waals surface area contributed by atoms with Crippen molar-refractivity contribution in [3.63, 3.8) is 0 Å². The van der Waals surface area contributed by atoms with E-state index in [1.165, 1.54) is 17.5 Å². The van der Waals surface area contributed by atoms with Gasteiger partial charge in [0.25, 0.3) is 0 Å². The fourth-order valence-electron chi connectivity index (χ4n) is 3.27. The summed E-state index contributed by atoms with van der Waals surface area (Å²) in [5.74, 6) is 1.11. The van der Waals surface area contributed by atoms with E-state index in [2.05, 4.69) is 15.2 Å². The lowest BCUT2D eigenvalue weighted by Gasteiger charge is -2.12. The number of aromatic nitrogens is 4. The van der Waals surface area contributed by atoms with E-state index in [4.69, 9.17) is 4.74 Å². The molecule has 0 aliphatic heterocycles. The van der Waals surface area contributed by atoms with E-state index in [1.807, 2.05) is 42.0 Å². The molecule has 154 valence electrons. The van der Waals surface area contributed by atoms with E-state index < -0.39 is 5.97 Å². The summed E-state index contributed by atoms with van der Waals surface area (Å²) in [4.78, 5) is 15.5. The summed E-state index contributed by atoms with van der Waals surface area (Å²) in [6.45, 7) is 4.51. The Morgan fingerprint density at radius 1 is 1.23 bits per heavy atom. The summed E-state index contributed by atoms with van der Waals surface area (Å²) in [5, 5.41) is 29.7. The largest absolute Gasteiger partial charge is 0.489 e. The lowest BCUT2D eigenvalue weighted by molar-refractivity contribution is 0.0699. The van der Waals surface area contributed by atoms with E-state index in [-0.39, 0.29) is 18.8 Å². The van der Waals surface area contributed by atoms with Crippen molar-refractivity contribution in [2.75, 3.05) is 6.61 Å². The first kappa shape index (κ1) is 20.0. The molecule has 4 aromatic rings. The second-order valence-corrected chi connectivity index (χ2v) is 7.72. The number of nitrogens with zero attached hydrogens (tertiary/aromatic N) is 4. The molecule has 1 aromatic carbocycles. The van der Waals surface area contributed by atoms with Crippen molar-refractivity contribution in [3.8, 4) is 17.1 Å². The molecule has 0 radical (unpaired) electrons. The summed E-state index contributed by atoms with van der Waals surface area (Å²) in [6.07, 6.45) is 3.03. The van der Waals surface area contributed by atoms with Crippen molar-refractivity contribution < 1.29 is 19.7 Å². The van der Waals surface area contributed by atoms with Gasteiger partial charge in [0.2, 0.25) is 0 Å². The smallest absolute Gasteiger partial charge is 0.338 e. The Morgan fingerprint density at radius 3 is 2.83 bits per heavy atom. The number of aryl methyl sites for hydroxylation is 2. The van der Waals surface area contributed by atoms with Crippen molar-refractivity contribution >= 4 is 27.4 Å². The van der Waals surface area contributed by atoms with Crippen LogP contribution in [-0.2, 0) is 13.2 Å². The number of carboxylic acids is 1. The third-order valence-corrected chi connectivity index (χ3v) is 5.96. The van der Waals surface area contributed by atoms with Crippen LogP contribution in [0.15, 0.2) is 36.0 Å². The molecule has 0 aliphatic carbocycles. The number of pyridine rings is 1. The number of carbonyl (C=O) groups is 1. The molecule has 3 aromatic heterocycles. The van der Waals surface area contributed by atoms with Gasteiger partial charge in [-0.2, -0.15) is 0 Å². The maximum atomic E-state index is 11.4. The number of ether oxygens (including phenoxy) is 1. The van der Waals surface area contributed by atoms with Crippen LogP contribution in [0.3, 0.4) is 0 Å². The lowest BCUT2D eigenvalue weighted by atomic mass is 10.1. The predicted octanol–water partition coefficient (Wildman–Crippen LogP) is 3.44. The molecule has 0 bridgehead atoms. The molecule has 9 heteroatoms. The standard InChI is InChI=1S/C21H20N4O4S/c1-12-3-4-14(20-24-23-13(2)25(20)5-6-26)7-18(12)29-10-15-11-30-19-16(15)8-22-9-17(19)21(27)28/h3-4,7-9,11,26H,5-6,10H2,1-2H3,(H,27,28). The lowest BCUT2D eigenvalue weighted by Crippen LogP contribution is -2.06. The van der Waals surface area contributed by atoms with Gasteiger partial charge < -0.3 is 19.5 Å². The van der Waals surface area contributed by atoms with E-state index in [0.717, 1.165) is 27.9 Å². The number of thiophene rings is 1. The van der Waals surface area contributed by atoms with Crippen LogP contribution in [0, 0.1) is 13.8 Å². The third kappa shape index (κ3) is 3.64. The predicted molar refractivity (Wildman–Crippen MR) is 113 cm³/mol. The molecular formula is C21H20N4O4S. The van der Waals surface area contributed by atoms with Crippen LogP contribution >= 0.6 is 11.3 Å². The Balaban J connectivity index is 1.62. The molecule has 8 nitrogen and oxygen atoms in total. The number of benzene rings is 1. The van der Waals surface area contributed by atoms with E-state index in [9.17, 15) is 15.0 Å². The van der Waals surface area contributed by atoms with Crippen molar-refractivity contribution in [2.24, 2.45) is 0 Å². The van der Waals surface area contributed by atoms with Gasteiger partial charge in [-0.25, -0.2) is 4.79 Å². The van der Waals surface area contributed by atoms with Gasteiger partial charge in [0, 0.05) is 35.5 Å². The molecule has 4 rings (SSSR count). The minimum absolute atomic E-state index is 0.00129. The summed E-state index contributed by atoms with van der Waals surface area (Å²) in [6, 6.07) is 5.80. The summed E-state index contributed by atoms with van der Waals surface area (Å²) >= 11 is 1.37. The first-order chi connectivity index (χ1) is 14.5. The highest BCUT2D eigenvalue weighted by Crippen LogP contribution is 2.31. The Labute approximate surface area is 176 Å². The van der Waals surface area contributed by atoms with Gasteiger partial charge in [-0.05, 0) is 30.9 Å². The highest BCUT2D eigenvalue weighted by atomic mass is 32.1. The minimum atomic E-state index is -0.992. The first-order valence-corrected chi connectivity index (χ1v) is 10.2. The Hall–Kier alpha value is -3.30. The Kier molecular flexibility index (Phi) is 5.47. The first-order valence-electron chi connectivity index (χ1n) is 9.31. The second-order valence-electron chi connectivity index (χ2n) is 6.84. The van der Waals surface area contributed by atoms with Crippen LogP contribution in [0.5, 0.6) is 5.75 Å². The number of hydrogen-bond acceptors (Lipinski definition) is 7. The van der Waals surface area contributed by atoms with Gasteiger partial charge in [-0.15, -0.1) is 21.5 Å². The van der Waals surface area contributed by atoms with Crippen LogP contribution in [0.4, 0.5) is 0 Å². The van der Waals surface area contributed by atoms with Crippen LogP contribution in [0.25, 0.3) is 21.5 Å². The summed E-state index contributed by atoms with van der Waals surface area (Å²) in [7, 11) is 0. The summed E-state index contributed by atoms with van der Waals surface area (Å²) in [5.41, 5.74) is 2.89. The highest BCUT2D eigenvalue weighted by molar-refractivity contribution is 7.17. The number of carboxylic acid groups (broad SMARTS) is 1. The molecule has 30 heavy (non-hydrogen) atoms. The molecule has 0 unspecified atom stereocenters. The van der Waals surface area contributed by atoms with E-state index >= 15 is 0 Å². The van der Waals surface area contributed by atoms with Crippen LogP contribution in [0.2, 0.25) is 0 Å². The van der Waals surface area contributed by atoms with Gasteiger partial charge >= 0.3 is 5.97 Å². The zero-order valence-electron chi connectivity index (χ0n) is 16.5. The average Bonchev–Trinajstić information content (AvgIpc) is 3.31. The maximum absolute atomic E-state index is 11.4. The Morgan fingerprint density at radius 2 is 2.07 bits per heavy atom. The molecule has 0 aliphatic rings. The number of rotatable bonds is 7. The highest BCUT2D eigenvalue weighted by Gasteiger charge is 2.15. The van der Waals surface area contributed by atoms with E-state index in [0.29, 0.717) is 22.8 Å². The van der Waals surface area contributed by atoms with Crippen molar-refractivity contribution in [2.45, 2.75) is 27.0 Å². The maximum Gasteiger partial charge on any atom is 0.338 e. The molecule has 0 fully saturated rings. The number of hydrogen-bond donors (Lipinski definition) is 2. The molecule has 0 saturated carbocycles. The van der Waals surface area contributed by atoms with Gasteiger partial charge in [-0.1, -0.05) is 12.1 Å². The monoisotopic (exact) mass is 424 g/mol. The van der Waals surface area contributed by atoms with Crippen molar-refractivity contribution in [1.29, 1.82) is 0 Å². The van der Waals surface area contributed by atoms with Crippen molar-refractivity contribution in [3.05, 3.63) is 58.5 Å². The third-order valence-electron chi connectivity index (χ3n) is 4.88. The molecule has 2 N–H and O–H groups in total. The molecule has 0 amide bonds. The fourth-order valence-corrected chi connectivity index (χ4v) is 4.31. The van der Waals surface area contributed by atoms with Crippen LogP contribution < -0.4 is 4.74 Å². The number of aliphatic hydroxyl groups is 1. The van der Waals surface area contributed by atoms with Gasteiger partial charge in [0.05, 0.1) is 16.9 Å². The quantitative estimate of drug-likeness (QED) is 0.467. The zero-order valence-corrected chi connectivity index (χ0v) is 17.3. The van der Waals surface area contributed by atoms with Gasteiger partial charge in [-0.3, -0.25) is 4.98 Å². The number of fused-ring (bicyclic) bond motifs is 1. The number of aliphatic hydroxyl groups excluding tert-OH is 1. The topological polar surface area (TPSA) is 110 Å². The van der Waals surface area contributed by atoms with Crippen LogP contribution in [-0.4, -0.2) is 42.5 Å². The van der Waals surface area contributed by atoms with Crippen molar-refractivity contribution in [1.82, 2.24) is 19.7 Å². The van der Waals surface area contributed by atoms with Gasteiger partial charge in [0.15, 0.2) is 5.82 Å². The van der Waals surface area contributed by atoms with Gasteiger partial charge in [0.1, 0.15) is 18.2 Å². The zero-order chi connectivity index (χ0) is 21.3. The molecule has 3 heterocycles. The van der Waals surface area contributed by atoms with E-state index in [1.54, 1.807) is 6.20 Å². The minimum Gasteiger partial charge on any atom is -0.489 e. The molecule has 0 spiro atoms. The Bertz CT molecular complexity index is 1230. The normalized spacial score (nSPS) is 11.2. The number of aromatic carboxylic acids is 1. The molecule has 0 saturated heterocycles. The average molecular weight is 424 g/mol. The summed E-state index contributed by atoms with van der Waals surface area (Å²) < 4.78 is 8.63. The SMILES string of the molecule is Cc1ccc(-c2nnc(C)n2CCO)cc1OCc1csc2c(C(=O)O)cncc12. The van der Waals surface area contributed by atoms with Crippen LogP contribution in [0.1, 0.15) is 27.3 Å². The second kappa shape index (κ2) is 8.21. The fraction of sp³-hybridized carbons (Fsp3) is 0.238. The molecule has 0 atom stereocenters. The molecular weight excluding hydrogens is 404 g/mol.